The van der Waals surface area contributed by atoms with E-state index in [0.717, 1.165) is 28.1 Å². The van der Waals surface area contributed by atoms with E-state index in [1.165, 1.54) is 0 Å². The monoisotopic (exact) mass is 304 g/mol. The second kappa shape index (κ2) is 5.82. The Balaban J connectivity index is 1.88. The van der Waals surface area contributed by atoms with Gasteiger partial charge in [0.2, 0.25) is 6.29 Å². The molecule has 4 rings (SSSR count). The third-order valence-electron chi connectivity index (χ3n) is 3.80. The molecule has 4 nitrogen and oxygen atoms in total. The molecule has 23 heavy (non-hydrogen) atoms. The lowest BCUT2D eigenvalue weighted by atomic mass is 10.0. The van der Waals surface area contributed by atoms with Gasteiger partial charge in [0.25, 0.3) is 0 Å². The third-order valence-corrected chi connectivity index (χ3v) is 3.80. The number of hydrogen-bond acceptors (Lipinski definition) is 4. The van der Waals surface area contributed by atoms with Gasteiger partial charge in [0.1, 0.15) is 5.75 Å². The quantitative estimate of drug-likeness (QED) is 0.726. The van der Waals surface area contributed by atoms with Gasteiger partial charge in [0.05, 0.1) is 11.3 Å². The van der Waals surface area contributed by atoms with Crippen LogP contribution in [0.25, 0.3) is 22.6 Å². The third kappa shape index (κ3) is 2.47. The Morgan fingerprint density at radius 2 is 1.83 bits per heavy atom. The van der Waals surface area contributed by atoms with Crippen molar-refractivity contribution in [2.45, 2.75) is 13.2 Å². The van der Waals surface area contributed by atoms with Crippen LogP contribution in [0.4, 0.5) is 0 Å². The summed E-state index contributed by atoms with van der Waals surface area (Å²) in [5, 5.41) is 0. The molecule has 0 amide bonds. The van der Waals surface area contributed by atoms with Crippen molar-refractivity contribution in [3.8, 4) is 28.4 Å². The van der Waals surface area contributed by atoms with Gasteiger partial charge in [0, 0.05) is 23.9 Å². The van der Waals surface area contributed by atoms with Gasteiger partial charge in [-0.25, -0.2) is 9.97 Å². The number of fused-ring (bicyclic) bond motifs is 3. The van der Waals surface area contributed by atoms with E-state index < -0.39 is 6.29 Å². The lowest BCUT2D eigenvalue weighted by molar-refractivity contribution is -0.0805. The molecule has 3 aromatic rings. The van der Waals surface area contributed by atoms with E-state index >= 15 is 0 Å². The minimum atomic E-state index is -0.463. The van der Waals surface area contributed by atoms with E-state index in [0.29, 0.717) is 12.4 Å². The van der Waals surface area contributed by atoms with Gasteiger partial charge < -0.3 is 9.47 Å². The van der Waals surface area contributed by atoms with Crippen LogP contribution in [0.15, 0.2) is 60.8 Å². The molecule has 0 aliphatic carbocycles. The van der Waals surface area contributed by atoms with Gasteiger partial charge in [-0.05, 0) is 19.1 Å². The maximum Gasteiger partial charge on any atom is 0.230 e. The Kier molecular flexibility index (Phi) is 3.52. The predicted molar refractivity (Wildman–Crippen MR) is 87.9 cm³/mol. The van der Waals surface area contributed by atoms with Crippen LogP contribution in [0.1, 0.15) is 18.8 Å². The van der Waals surface area contributed by atoms with E-state index in [2.05, 4.69) is 4.98 Å². The lowest BCUT2D eigenvalue weighted by Crippen LogP contribution is -2.18. The summed E-state index contributed by atoms with van der Waals surface area (Å²) in [5.74, 6) is 1.49. The zero-order valence-corrected chi connectivity index (χ0v) is 12.8. The summed E-state index contributed by atoms with van der Waals surface area (Å²) >= 11 is 0. The molecule has 0 saturated heterocycles. The summed E-state index contributed by atoms with van der Waals surface area (Å²) in [6, 6.07) is 17.8. The van der Waals surface area contributed by atoms with Crippen LogP contribution in [0.5, 0.6) is 5.75 Å². The molecule has 0 fully saturated rings. The number of benzene rings is 2. The zero-order chi connectivity index (χ0) is 15.6. The Bertz CT molecular complexity index is 834. The maximum atomic E-state index is 5.94. The number of rotatable bonds is 3. The Labute approximate surface area is 134 Å². The van der Waals surface area contributed by atoms with Gasteiger partial charge in [-0.15, -0.1) is 0 Å². The first-order chi connectivity index (χ1) is 11.4. The molecule has 1 aliphatic rings. The average Bonchev–Trinajstić information content (AvgIpc) is 2.62. The number of ether oxygens (including phenoxy) is 2. The van der Waals surface area contributed by atoms with Crippen molar-refractivity contribution >= 4 is 0 Å². The normalized spacial score (nSPS) is 15.4. The SMILES string of the molecule is CCOC1Oc2ccccc2-c2nc(-c3ccccc3)ncc21. The highest BCUT2D eigenvalue weighted by atomic mass is 16.7. The van der Waals surface area contributed by atoms with Gasteiger partial charge >= 0.3 is 0 Å². The molecule has 0 spiro atoms. The molecule has 0 radical (unpaired) electrons. The van der Waals surface area contributed by atoms with E-state index in [1.807, 2.05) is 61.5 Å². The summed E-state index contributed by atoms with van der Waals surface area (Å²) < 4.78 is 11.7. The van der Waals surface area contributed by atoms with Gasteiger partial charge in [0.15, 0.2) is 5.82 Å². The smallest absolute Gasteiger partial charge is 0.230 e. The number of para-hydroxylation sites is 1. The molecule has 2 heterocycles. The van der Waals surface area contributed by atoms with Crippen LogP contribution < -0.4 is 4.74 Å². The first kappa shape index (κ1) is 13.9. The topological polar surface area (TPSA) is 44.2 Å². The molecule has 0 N–H and O–H groups in total. The highest BCUT2D eigenvalue weighted by Crippen LogP contribution is 2.41. The highest BCUT2D eigenvalue weighted by molar-refractivity contribution is 5.73. The van der Waals surface area contributed by atoms with Crippen molar-refractivity contribution in [3.05, 3.63) is 66.4 Å². The van der Waals surface area contributed by atoms with Crippen LogP contribution in [0.2, 0.25) is 0 Å². The molecule has 1 aliphatic heterocycles. The van der Waals surface area contributed by atoms with Crippen molar-refractivity contribution in [2.75, 3.05) is 6.61 Å². The maximum absolute atomic E-state index is 5.94. The molecular formula is C19H16N2O2. The van der Waals surface area contributed by atoms with Crippen molar-refractivity contribution in [3.63, 3.8) is 0 Å². The average molecular weight is 304 g/mol. The number of nitrogens with zero attached hydrogens (tertiary/aromatic N) is 2. The summed E-state index contributed by atoms with van der Waals surface area (Å²) in [6.45, 7) is 2.51. The Morgan fingerprint density at radius 1 is 1.04 bits per heavy atom. The fourth-order valence-corrected chi connectivity index (χ4v) is 2.72. The molecule has 0 bridgehead atoms. The minimum Gasteiger partial charge on any atom is -0.460 e. The van der Waals surface area contributed by atoms with Crippen molar-refractivity contribution in [1.29, 1.82) is 0 Å². The minimum absolute atomic E-state index is 0.463. The van der Waals surface area contributed by atoms with E-state index in [-0.39, 0.29) is 0 Å². The van der Waals surface area contributed by atoms with Gasteiger partial charge in [-0.3, -0.25) is 0 Å². The van der Waals surface area contributed by atoms with E-state index in [1.54, 1.807) is 6.20 Å². The molecular weight excluding hydrogens is 288 g/mol. The highest BCUT2D eigenvalue weighted by Gasteiger charge is 2.28. The first-order valence-corrected chi connectivity index (χ1v) is 7.67. The van der Waals surface area contributed by atoms with Crippen LogP contribution >= 0.6 is 0 Å². The fraction of sp³-hybridized carbons (Fsp3) is 0.158. The Morgan fingerprint density at radius 3 is 2.65 bits per heavy atom. The molecule has 1 atom stereocenters. The summed E-state index contributed by atoms with van der Waals surface area (Å²) in [4.78, 5) is 9.28. The van der Waals surface area contributed by atoms with Crippen molar-refractivity contribution < 1.29 is 9.47 Å². The molecule has 1 aromatic heterocycles. The van der Waals surface area contributed by atoms with Crippen molar-refractivity contribution in [2.24, 2.45) is 0 Å². The summed E-state index contributed by atoms with van der Waals surface area (Å²) in [6.07, 6.45) is 1.34. The zero-order valence-electron chi connectivity index (χ0n) is 12.8. The molecule has 1 unspecified atom stereocenters. The molecule has 2 aromatic carbocycles. The van der Waals surface area contributed by atoms with Crippen LogP contribution in [0.3, 0.4) is 0 Å². The predicted octanol–water partition coefficient (Wildman–Crippen LogP) is 4.24. The summed E-state index contributed by atoms with van der Waals surface area (Å²) in [7, 11) is 0. The molecule has 114 valence electrons. The van der Waals surface area contributed by atoms with Crippen molar-refractivity contribution in [1.82, 2.24) is 9.97 Å². The van der Waals surface area contributed by atoms with E-state index in [9.17, 15) is 0 Å². The number of aromatic nitrogens is 2. The van der Waals surface area contributed by atoms with Crippen LogP contribution in [-0.2, 0) is 4.74 Å². The van der Waals surface area contributed by atoms with Gasteiger partial charge in [-0.2, -0.15) is 0 Å². The van der Waals surface area contributed by atoms with E-state index in [4.69, 9.17) is 14.5 Å². The first-order valence-electron chi connectivity index (χ1n) is 7.67. The molecule has 0 saturated carbocycles. The largest absolute Gasteiger partial charge is 0.460 e. The molecule has 4 heteroatoms. The standard InChI is InChI=1S/C19H16N2O2/c1-2-22-19-15-12-20-18(13-8-4-3-5-9-13)21-17(15)14-10-6-7-11-16(14)23-19/h3-12,19H,2H2,1H3. The van der Waals surface area contributed by atoms with Crippen LogP contribution in [-0.4, -0.2) is 16.6 Å². The summed E-state index contributed by atoms with van der Waals surface area (Å²) in [5.41, 5.74) is 3.70. The Hall–Kier alpha value is -2.72. The van der Waals surface area contributed by atoms with Crippen LogP contribution in [0, 0.1) is 0 Å². The second-order valence-electron chi connectivity index (χ2n) is 5.26. The van der Waals surface area contributed by atoms with Gasteiger partial charge in [-0.1, -0.05) is 42.5 Å². The fourth-order valence-electron chi connectivity index (χ4n) is 2.72. The lowest BCUT2D eigenvalue weighted by Gasteiger charge is -2.27. The second-order valence-corrected chi connectivity index (χ2v) is 5.26. The number of hydrogen-bond donors (Lipinski definition) is 0.